The van der Waals surface area contributed by atoms with E-state index >= 15 is 0 Å². The van der Waals surface area contributed by atoms with Crippen LogP contribution in [0.4, 0.5) is 0 Å². The first kappa shape index (κ1) is 14.2. The summed E-state index contributed by atoms with van der Waals surface area (Å²) in [5.41, 5.74) is -0.0243. The van der Waals surface area contributed by atoms with Crippen molar-refractivity contribution in [3.63, 3.8) is 0 Å². The van der Waals surface area contributed by atoms with E-state index in [4.69, 9.17) is 4.74 Å². The summed E-state index contributed by atoms with van der Waals surface area (Å²) < 4.78 is 5.92. The summed E-state index contributed by atoms with van der Waals surface area (Å²) in [6, 6.07) is 0. The Morgan fingerprint density at radius 1 is 1.28 bits per heavy atom. The van der Waals surface area contributed by atoms with Gasteiger partial charge in [-0.1, -0.05) is 13.3 Å². The first-order valence-corrected chi connectivity index (χ1v) is 5.93. The molecule has 0 radical (unpaired) electrons. The summed E-state index contributed by atoms with van der Waals surface area (Å²) in [6.07, 6.45) is 1.71. The van der Waals surface area contributed by atoms with Gasteiger partial charge in [0, 0.05) is 11.1 Å². The van der Waals surface area contributed by atoms with Crippen LogP contribution in [0, 0.1) is 13.8 Å². The second-order valence-electron chi connectivity index (χ2n) is 4.16. The Balaban J connectivity index is 2.83. The lowest BCUT2D eigenvalue weighted by atomic mass is 10.2. The zero-order chi connectivity index (χ0) is 13.7. The molecule has 6 nitrogen and oxygen atoms in total. The first-order valence-electron chi connectivity index (χ1n) is 5.93. The zero-order valence-corrected chi connectivity index (χ0v) is 10.9. The van der Waals surface area contributed by atoms with Crippen molar-refractivity contribution in [3.05, 3.63) is 31.8 Å². The van der Waals surface area contributed by atoms with E-state index in [0.29, 0.717) is 17.7 Å². The largest absolute Gasteiger partial charge is 0.464 e. The predicted molar refractivity (Wildman–Crippen MR) is 66.7 cm³/mol. The Morgan fingerprint density at radius 2 is 1.94 bits per heavy atom. The summed E-state index contributed by atoms with van der Waals surface area (Å²) >= 11 is 0. The van der Waals surface area contributed by atoms with Crippen LogP contribution in [-0.4, -0.2) is 22.4 Å². The third-order valence-corrected chi connectivity index (χ3v) is 2.75. The van der Waals surface area contributed by atoms with E-state index in [1.807, 2.05) is 6.92 Å². The Kier molecular flexibility index (Phi) is 4.88. The number of rotatable bonds is 5. The number of unbranched alkanes of at least 4 members (excludes halogenated alkanes) is 1. The SMILES string of the molecule is CCCCOC(=O)Cn1[nH]c(=O)c(C)c(C)c1=O. The molecule has 0 aliphatic carbocycles. The molecule has 1 N–H and O–H groups in total. The second kappa shape index (κ2) is 6.18. The normalized spacial score (nSPS) is 10.4. The molecule has 0 bridgehead atoms. The van der Waals surface area contributed by atoms with E-state index < -0.39 is 5.97 Å². The van der Waals surface area contributed by atoms with E-state index in [1.165, 1.54) is 0 Å². The van der Waals surface area contributed by atoms with Gasteiger partial charge >= 0.3 is 5.97 Å². The van der Waals surface area contributed by atoms with E-state index in [2.05, 4.69) is 5.10 Å². The average Bonchev–Trinajstić information content (AvgIpc) is 2.33. The molecular formula is C12H18N2O4. The summed E-state index contributed by atoms with van der Waals surface area (Å²) in [5.74, 6) is -0.524. The number of nitrogens with one attached hydrogen (secondary N) is 1. The van der Waals surface area contributed by atoms with Crippen LogP contribution >= 0.6 is 0 Å². The highest BCUT2D eigenvalue weighted by atomic mass is 16.5. The standard InChI is InChI=1S/C12H18N2O4/c1-4-5-6-18-10(15)7-14-12(17)9(3)8(2)11(16)13-14/h4-7H2,1-3H3,(H,13,16). The van der Waals surface area contributed by atoms with Gasteiger partial charge in [0.15, 0.2) is 0 Å². The first-order chi connectivity index (χ1) is 8.47. The van der Waals surface area contributed by atoms with E-state index in [9.17, 15) is 14.4 Å². The number of nitrogens with zero attached hydrogens (tertiary/aromatic N) is 1. The number of H-pyrrole nitrogens is 1. The lowest BCUT2D eigenvalue weighted by Crippen LogP contribution is -2.35. The lowest BCUT2D eigenvalue weighted by molar-refractivity contribution is -0.144. The Labute approximate surface area is 105 Å². The third kappa shape index (κ3) is 3.32. The Bertz CT molecular complexity index is 542. The maximum absolute atomic E-state index is 11.8. The van der Waals surface area contributed by atoms with Crippen LogP contribution in [0.5, 0.6) is 0 Å². The molecule has 6 heteroatoms. The van der Waals surface area contributed by atoms with Crippen molar-refractivity contribution in [2.24, 2.45) is 0 Å². The number of ether oxygens (including phenoxy) is 1. The van der Waals surface area contributed by atoms with Gasteiger partial charge in [-0.05, 0) is 20.3 Å². The fourth-order valence-corrected chi connectivity index (χ4v) is 1.41. The Hall–Kier alpha value is -1.85. The van der Waals surface area contributed by atoms with Crippen molar-refractivity contribution >= 4 is 5.97 Å². The molecule has 0 atom stereocenters. The van der Waals surface area contributed by atoms with Crippen LogP contribution < -0.4 is 11.1 Å². The molecule has 1 aromatic rings. The van der Waals surface area contributed by atoms with Crippen LogP contribution in [0.2, 0.25) is 0 Å². The van der Waals surface area contributed by atoms with Crippen molar-refractivity contribution in [2.45, 2.75) is 40.2 Å². The smallest absolute Gasteiger partial charge is 0.327 e. The molecule has 0 aliphatic rings. The van der Waals surface area contributed by atoms with Gasteiger partial charge in [-0.25, -0.2) is 4.68 Å². The fraction of sp³-hybridized carbons (Fsp3) is 0.583. The highest BCUT2D eigenvalue weighted by Gasteiger charge is 2.10. The van der Waals surface area contributed by atoms with Crippen molar-refractivity contribution in [3.8, 4) is 0 Å². The topological polar surface area (TPSA) is 81.2 Å². The number of carbonyl (C=O) groups is 1. The van der Waals surface area contributed by atoms with Crippen LogP contribution in [0.25, 0.3) is 0 Å². The van der Waals surface area contributed by atoms with E-state index in [1.54, 1.807) is 13.8 Å². The molecule has 0 unspecified atom stereocenters. The minimum Gasteiger partial charge on any atom is -0.464 e. The van der Waals surface area contributed by atoms with Crippen molar-refractivity contribution < 1.29 is 9.53 Å². The molecule has 0 amide bonds. The second-order valence-corrected chi connectivity index (χ2v) is 4.16. The van der Waals surface area contributed by atoms with E-state index in [0.717, 1.165) is 17.5 Å². The number of hydrogen-bond donors (Lipinski definition) is 1. The van der Waals surface area contributed by atoms with Gasteiger partial charge in [-0.2, -0.15) is 0 Å². The summed E-state index contributed by atoms with van der Waals surface area (Å²) in [7, 11) is 0. The molecule has 0 saturated carbocycles. The lowest BCUT2D eigenvalue weighted by Gasteiger charge is -2.08. The van der Waals surface area contributed by atoms with Crippen molar-refractivity contribution in [2.75, 3.05) is 6.61 Å². The minimum atomic E-state index is -0.524. The quantitative estimate of drug-likeness (QED) is 0.612. The van der Waals surface area contributed by atoms with Gasteiger partial charge in [0.05, 0.1) is 6.61 Å². The maximum Gasteiger partial charge on any atom is 0.327 e. The number of esters is 1. The van der Waals surface area contributed by atoms with Crippen LogP contribution in [0.1, 0.15) is 30.9 Å². The average molecular weight is 254 g/mol. The van der Waals surface area contributed by atoms with Crippen LogP contribution in [-0.2, 0) is 16.1 Å². The van der Waals surface area contributed by atoms with Crippen LogP contribution in [0.3, 0.4) is 0 Å². The predicted octanol–water partition coefficient (Wildman–Crippen LogP) is 0.497. The molecule has 1 rings (SSSR count). The highest BCUT2D eigenvalue weighted by molar-refractivity contribution is 5.68. The summed E-state index contributed by atoms with van der Waals surface area (Å²) in [4.78, 5) is 34.7. The van der Waals surface area contributed by atoms with Gasteiger partial charge in [0.1, 0.15) is 6.54 Å². The fourth-order valence-electron chi connectivity index (χ4n) is 1.41. The van der Waals surface area contributed by atoms with Gasteiger partial charge in [-0.3, -0.25) is 19.5 Å². The molecule has 0 fully saturated rings. The summed E-state index contributed by atoms with van der Waals surface area (Å²) in [5, 5.41) is 2.35. The Morgan fingerprint density at radius 3 is 2.56 bits per heavy atom. The number of aromatic nitrogens is 2. The van der Waals surface area contributed by atoms with Crippen molar-refractivity contribution in [1.29, 1.82) is 0 Å². The maximum atomic E-state index is 11.8. The monoisotopic (exact) mass is 254 g/mol. The van der Waals surface area contributed by atoms with Gasteiger partial charge in [0.2, 0.25) is 0 Å². The van der Waals surface area contributed by atoms with Crippen LogP contribution in [0.15, 0.2) is 9.59 Å². The van der Waals surface area contributed by atoms with Crippen molar-refractivity contribution in [1.82, 2.24) is 9.78 Å². The zero-order valence-electron chi connectivity index (χ0n) is 10.9. The highest BCUT2D eigenvalue weighted by Crippen LogP contribution is 1.93. The molecule has 100 valence electrons. The molecule has 18 heavy (non-hydrogen) atoms. The van der Waals surface area contributed by atoms with Gasteiger partial charge < -0.3 is 4.74 Å². The molecule has 1 aromatic heterocycles. The number of hydrogen-bond acceptors (Lipinski definition) is 4. The molecule has 0 aromatic carbocycles. The molecule has 1 heterocycles. The molecule has 0 aliphatic heterocycles. The number of aromatic amines is 1. The molecule has 0 saturated heterocycles. The number of carbonyl (C=O) groups excluding carboxylic acids is 1. The molecular weight excluding hydrogens is 236 g/mol. The van der Waals surface area contributed by atoms with Gasteiger partial charge in [-0.15, -0.1) is 0 Å². The summed E-state index contributed by atoms with van der Waals surface area (Å²) in [6.45, 7) is 5.18. The molecule has 0 spiro atoms. The van der Waals surface area contributed by atoms with Gasteiger partial charge in [0.25, 0.3) is 11.1 Å². The van der Waals surface area contributed by atoms with E-state index in [-0.39, 0.29) is 17.7 Å². The minimum absolute atomic E-state index is 0.265. The third-order valence-electron chi connectivity index (χ3n) is 2.75.